The molecule has 25 heavy (non-hydrogen) atoms. The van der Waals surface area contributed by atoms with Gasteiger partial charge in [-0.25, -0.2) is 0 Å². The zero-order valence-electron chi connectivity index (χ0n) is 13.5. The number of carbonyl (C=O) groups excluding carboxylic acids is 1. The molecular weight excluding hydrogens is 346 g/mol. The number of aryl methyl sites for hydroxylation is 2. The summed E-state index contributed by atoms with van der Waals surface area (Å²) in [6.07, 6.45) is -0.00762. The van der Waals surface area contributed by atoms with E-state index >= 15 is 0 Å². The molecule has 1 heterocycles. The predicted molar refractivity (Wildman–Crippen MR) is 93.9 cm³/mol. The smallest absolute Gasteiger partial charge is 0.289 e. The van der Waals surface area contributed by atoms with Crippen LogP contribution in [0, 0.1) is 24.0 Å². The minimum atomic E-state index is -0.602. The van der Waals surface area contributed by atoms with Gasteiger partial charge in [-0.2, -0.15) is 0 Å². The summed E-state index contributed by atoms with van der Waals surface area (Å²) in [6, 6.07) is 7.98. The number of fused-ring (bicyclic) bond motifs is 1. The lowest BCUT2D eigenvalue weighted by atomic mass is 10.1. The Morgan fingerprint density at radius 1 is 1.32 bits per heavy atom. The van der Waals surface area contributed by atoms with Crippen molar-refractivity contribution in [1.82, 2.24) is 5.16 Å². The van der Waals surface area contributed by atoms with Crippen molar-refractivity contribution in [3.8, 4) is 0 Å². The summed E-state index contributed by atoms with van der Waals surface area (Å²) < 4.78 is 5.32. The van der Waals surface area contributed by atoms with E-state index < -0.39 is 4.92 Å². The van der Waals surface area contributed by atoms with Gasteiger partial charge in [0.2, 0.25) is 5.91 Å². The number of nitro groups is 1. The van der Waals surface area contributed by atoms with Gasteiger partial charge in [0.25, 0.3) is 5.69 Å². The fourth-order valence-corrected chi connectivity index (χ4v) is 2.84. The first-order chi connectivity index (χ1) is 11.8. The second kappa shape index (κ2) is 6.52. The lowest BCUT2D eigenvalue weighted by Crippen LogP contribution is -2.14. The highest BCUT2D eigenvalue weighted by molar-refractivity contribution is 6.32. The molecule has 7 nitrogen and oxygen atoms in total. The summed E-state index contributed by atoms with van der Waals surface area (Å²) in [5.74, 6) is -0.356. The molecule has 1 aromatic heterocycles. The first-order valence-electron chi connectivity index (χ1n) is 7.44. The van der Waals surface area contributed by atoms with Gasteiger partial charge in [-0.15, -0.1) is 0 Å². The molecule has 1 N–H and O–H groups in total. The van der Waals surface area contributed by atoms with E-state index in [1.165, 1.54) is 18.2 Å². The molecule has 0 aliphatic heterocycles. The molecule has 3 aromatic rings. The number of amides is 1. The van der Waals surface area contributed by atoms with Crippen molar-refractivity contribution in [3.63, 3.8) is 0 Å². The zero-order valence-corrected chi connectivity index (χ0v) is 14.3. The summed E-state index contributed by atoms with van der Waals surface area (Å²) in [5.41, 5.74) is 3.18. The molecule has 0 unspecified atom stereocenters. The Kier molecular flexibility index (Phi) is 4.41. The van der Waals surface area contributed by atoms with Crippen LogP contribution in [0.15, 0.2) is 34.9 Å². The van der Waals surface area contributed by atoms with Crippen LogP contribution in [0.2, 0.25) is 5.02 Å². The van der Waals surface area contributed by atoms with Crippen molar-refractivity contribution >= 4 is 39.9 Å². The summed E-state index contributed by atoms with van der Waals surface area (Å²) in [5, 5.41) is 18.3. The van der Waals surface area contributed by atoms with E-state index in [0.717, 1.165) is 16.5 Å². The summed E-state index contributed by atoms with van der Waals surface area (Å²) >= 11 is 5.76. The number of hydrogen-bond donors (Lipinski definition) is 1. The number of benzene rings is 2. The fraction of sp³-hybridized carbons (Fsp3) is 0.176. The lowest BCUT2D eigenvalue weighted by molar-refractivity contribution is -0.384. The highest BCUT2D eigenvalue weighted by Crippen LogP contribution is 2.28. The van der Waals surface area contributed by atoms with Gasteiger partial charge in [-0.1, -0.05) is 22.8 Å². The van der Waals surface area contributed by atoms with E-state index in [9.17, 15) is 14.9 Å². The minimum Gasteiger partial charge on any atom is -0.356 e. The molecule has 0 aliphatic carbocycles. The molecule has 0 bridgehead atoms. The zero-order chi connectivity index (χ0) is 18.1. The first-order valence-corrected chi connectivity index (χ1v) is 7.82. The third-order valence-electron chi connectivity index (χ3n) is 3.73. The summed E-state index contributed by atoms with van der Waals surface area (Å²) in [6.45, 7) is 3.87. The van der Waals surface area contributed by atoms with Crippen molar-refractivity contribution in [2.75, 3.05) is 5.32 Å². The average Bonchev–Trinajstić information content (AvgIpc) is 2.92. The minimum absolute atomic E-state index is 0.00762. The predicted octanol–water partition coefficient (Wildman–Crippen LogP) is 4.19. The van der Waals surface area contributed by atoms with Crippen LogP contribution in [0.5, 0.6) is 0 Å². The Bertz CT molecular complexity index is 997. The molecule has 128 valence electrons. The molecular formula is C17H14ClN3O4. The normalized spacial score (nSPS) is 10.8. The quantitative estimate of drug-likeness (QED) is 0.556. The van der Waals surface area contributed by atoms with E-state index in [1.807, 2.05) is 26.0 Å². The molecule has 0 aliphatic rings. The van der Waals surface area contributed by atoms with Crippen LogP contribution >= 0.6 is 11.6 Å². The van der Waals surface area contributed by atoms with Crippen molar-refractivity contribution in [1.29, 1.82) is 0 Å². The molecule has 0 atom stereocenters. The van der Waals surface area contributed by atoms with E-state index in [0.29, 0.717) is 17.0 Å². The maximum absolute atomic E-state index is 12.3. The Morgan fingerprint density at radius 2 is 2.08 bits per heavy atom. The molecule has 0 saturated carbocycles. The standard InChI is InChI=1S/C17H14ClN3O4/c1-9-5-10(2)17-12(6-9)14(20-25-17)8-16(22)19-11-3-4-13(18)15(7-11)21(23)24/h3-7H,8H2,1-2H3,(H,19,22). The van der Waals surface area contributed by atoms with Gasteiger partial charge in [-0.05, 0) is 43.2 Å². The molecule has 0 fully saturated rings. The van der Waals surface area contributed by atoms with E-state index in [4.69, 9.17) is 16.1 Å². The number of nitro benzene ring substituents is 1. The van der Waals surface area contributed by atoms with Crippen molar-refractivity contribution in [3.05, 3.63) is 62.3 Å². The molecule has 2 aromatic carbocycles. The van der Waals surface area contributed by atoms with Crippen molar-refractivity contribution in [2.24, 2.45) is 0 Å². The Balaban J connectivity index is 1.82. The topological polar surface area (TPSA) is 98.3 Å². The number of rotatable bonds is 4. The highest BCUT2D eigenvalue weighted by atomic mass is 35.5. The summed E-state index contributed by atoms with van der Waals surface area (Å²) in [4.78, 5) is 22.6. The maximum atomic E-state index is 12.3. The summed E-state index contributed by atoms with van der Waals surface area (Å²) in [7, 11) is 0. The number of nitrogens with one attached hydrogen (secondary N) is 1. The van der Waals surface area contributed by atoms with E-state index in [2.05, 4.69) is 10.5 Å². The molecule has 0 saturated heterocycles. The first kappa shape index (κ1) is 16.9. The van der Waals surface area contributed by atoms with Gasteiger partial charge in [0.15, 0.2) is 5.58 Å². The maximum Gasteiger partial charge on any atom is 0.289 e. The fourth-order valence-electron chi connectivity index (χ4n) is 2.65. The number of nitrogens with zero attached hydrogens (tertiary/aromatic N) is 2. The van der Waals surface area contributed by atoms with Crippen LogP contribution in [0.3, 0.4) is 0 Å². The van der Waals surface area contributed by atoms with Crippen molar-refractivity contribution in [2.45, 2.75) is 20.3 Å². The van der Waals surface area contributed by atoms with Gasteiger partial charge >= 0.3 is 0 Å². The van der Waals surface area contributed by atoms with Gasteiger partial charge in [0, 0.05) is 17.1 Å². The average molecular weight is 360 g/mol. The van der Waals surface area contributed by atoms with E-state index in [1.54, 1.807) is 0 Å². The second-order valence-corrected chi connectivity index (χ2v) is 6.14. The third-order valence-corrected chi connectivity index (χ3v) is 4.05. The number of halogens is 1. The monoisotopic (exact) mass is 359 g/mol. The van der Waals surface area contributed by atoms with Crippen LogP contribution in [-0.4, -0.2) is 16.0 Å². The molecule has 8 heteroatoms. The second-order valence-electron chi connectivity index (χ2n) is 5.74. The van der Waals surface area contributed by atoms with E-state index in [-0.39, 0.29) is 23.0 Å². The van der Waals surface area contributed by atoms with Crippen LogP contribution in [-0.2, 0) is 11.2 Å². The van der Waals surface area contributed by atoms with Gasteiger partial charge in [-0.3, -0.25) is 14.9 Å². The molecule has 0 radical (unpaired) electrons. The van der Waals surface area contributed by atoms with Crippen LogP contribution in [0.25, 0.3) is 11.0 Å². The largest absolute Gasteiger partial charge is 0.356 e. The van der Waals surface area contributed by atoms with Crippen LogP contribution < -0.4 is 5.32 Å². The number of hydrogen-bond acceptors (Lipinski definition) is 5. The van der Waals surface area contributed by atoms with Crippen molar-refractivity contribution < 1.29 is 14.2 Å². The number of carbonyl (C=O) groups is 1. The van der Waals surface area contributed by atoms with Gasteiger partial charge in [0.05, 0.1) is 11.3 Å². The van der Waals surface area contributed by atoms with Crippen LogP contribution in [0.1, 0.15) is 16.8 Å². The molecule has 1 amide bonds. The SMILES string of the molecule is Cc1cc(C)c2onc(CC(=O)Nc3ccc(Cl)c([N+](=O)[O-])c3)c2c1. The number of anilines is 1. The Hall–Kier alpha value is -2.93. The Morgan fingerprint density at radius 3 is 2.80 bits per heavy atom. The van der Waals surface area contributed by atoms with Gasteiger partial charge < -0.3 is 9.84 Å². The Labute approximate surface area is 147 Å². The molecule has 0 spiro atoms. The van der Waals surface area contributed by atoms with Crippen LogP contribution in [0.4, 0.5) is 11.4 Å². The number of aromatic nitrogens is 1. The lowest BCUT2D eigenvalue weighted by Gasteiger charge is -2.05. The molecule has 3 rings (SSSR count). The highest BCUT2D eigenvalue weighted by Gasteiger charge is 2.17. The third kappa shape index (κ3) is 3.46. The van der Waals surface area contributed by atoms with Gasteiger partial charge in [0.1, 0.15) is 10.7 Å².